The molecule has 2 unspecified atom stereocenters. The van der Waals surface area contributed by atoms with Gasteiger partial charge in [-0.1, -0.05) is 137 Å². The van der Waals surface area contributed by atoms with E-state index in [4.69, 9.17) is 10.5 Å². The van der Waals surface area contributed by atoms with Crippen molar-refractivity contribution >= 4 is 11.9 Å². The van der Waals surface area contributed by atoms with E-state index in [1.807, 2.05) is 0 Å². The fourth-order valence-corrected chi connectivity index (χ4v) is 4.15. The van der Waals surface area contributed by atoms with Gasteiger partial charge in [-0.3, -0.25) is 9.59 Å². The van der Waals surface area contributed by atoms with Gasteiger partial charge in [0, 0.05) is 19.4 Å². The van der Waals surface area contributed by atoms with Crippen molar-refractivity contribution in [3.8, 4) is 0 Å². The van der Waals surface area contributed by atoms with Gasteiger partial charge in [-0.25, -0.2) is 0 Å². The topological polar surface area (TPSA) is 81.4 Å². The van der Waals surface area contributed by atoms with Crippen molar-refractivity contribution in [3.63, 3.8) is 0 Å². The van der Waals surface area contributed by atoms with Crippen LogP contribution in [0.5, 0.6) is 0 Å². The minimum absolute atomic E-state index is 0.0593. The first-order chi connectivity index (χ1) is 18.9. The molecule has 2 atom stereocenters. The average Bonchev–Trinajstić information content (AvgIpc) is 2.95. The molecule has 0 saturated carbocycles. The first kappa shape index (κ1) is 40.0. The van der Waals surface area contributed by atoms with E-state index >= 15 is 0 Å². The molecule has 0 rings (SSSR count). The molecule has 0 aromatic carbocycles. The summed E-state index contributed by atoms with van der Waals surface area (Å²) in [7, 11) is 0. The van der Waals surface area contributed by atoms with Crippen LogP contribution in [0.25, 0.3) is 0 Å². The molecule has 0 aliphatic rings. The molecular weight excluding hydrogens is 484 g/mol. The van der Waals surface area contributed by atoms with Gasteiger partial charge in [-0.05, 0) is 44.1 Å². The highest BCUT2D eigenvalue weighted by Crippen LogP contribution is 2.14. The molecule has 5 nitrogen and oxygen atoms in total. The maximum Gasteiger partial charge on any atom is 0.305 e. The third kappa shape index (κ3) is 34.9. The largest absolute Gasteiger partial charge is 0.466 e. The molecule has 0 aliphatic heterocycles. The summed E-state index contributed by atoms with van der Waals surface area (Å²) in [6, 6.07) is 0. The summed E-state index contributed by atoms with van der Waals surface area (Å²) in [6.07, 6.45) is 26.1. The van der Waals surface area contributed by atoms with E-state index in [1.54, 1.807) is 0 Å². The van der Waals surface area contributed by atoms with Crippen molar-refractivity contribution in [1.29, 1.82) is 0 Å². The molecule has 0 aliphatic carbocycles. The van der Waals surface area contributed by atoms with Crippen LogP contribution >= 0.6 is 0 Å². The van der Waals surface area contributed by atoms with Gasteiger partial charge in [0.1, 0.15) is 0 Å². The monoisotopic (exact) mass is 555 g/mol. The number of esters is 1. The number of hydrogen-bond donors (Lipinski definition) is 2. The standard InChI is InChI=1S/C29H57NO3.C5H13N/c1-4-6-7-8-9-10-11-12-13-14-15-16-17-18-21-24-29(32)33-25-22-19-20-23-28(31)30-26-27(3)5-2;1-3-5(2)4-6/h27H,4-26H2,1-3H3,(H,30,31);5H,3-4,6H2,1-2H3. The minimum Gasteiger partial charge on any atom is -0.466 e. The molecule has 0 aromatic rings. The highest BCUT2D eigenvalue weighted by molar-refractivity contribution is 5.75. The smallest absolute Gasteiger partial charge is 0.305 e. The molecule has 234 valence electrons. The van der Waals surface area contributed by atoms with Gasteiger partial charge in [0.05, 0.1) is 6.61 Å². The zero-order valence-corrected chi connectivity index (χ0v) is 27.1. The number of carbonyl (C=O) groups is 2. The normalized spacial score (nSPS) is 12.4. The Labute approximate surface area is 244 Å². The lowest BCUT2D eigenvalue weighted by Crippen LogP contribution is -2.27. The number of carbonyl (C=O) groups excluding carboxylic acids is 2. The fourth-order valence-electron chi connectivity index (χ4n) is 4.15. The Bertz CT molecular complexity index is 509. The summed E-state index contributed by atoms with van der Waals surface area (Å²) >= 11 is 0. The molecule has 0 radical (unpaired) electrons. The van der Waals surface area contributed by atoms with E-state index in [1.165, 1.54) is 89.9 Å². The number of hydrogen-bond acceptors (Lipinski definition) is 4. The fraction of sp³-hybridized carbons (Fsp3) is 0.941. The van der Waals surface area contributed by atoms with Gasteiger partial charge in [-0.2, -0.15) is 0 Å². The first-order valence-corrected chi connectivity index (χ1v) is 17.0. The van der Waals surface area contributed by atoms with E-state index in [0.717, 1.165) is 51.6 Å². The van der Waals surface area contributed by atoms with Gasteiger partial charge >= 0.3 is 5.97 Å². The van der Waals surface area contributed by atoms with Gasteiger partial charge in [-0.15, -0.1) is 0 Å². The highest BCUT2D eigenvalue weighted by atomic mass is 16.5. The molecule has 1 amide bonds. The molecule has 0 saturated heterocycles. The van der Waals surface area contributed by atoms with Crippen LogP contribution in [-0.2, 0) is 14.3 Å². The van der Waals surface area contributed by atoms with Crippen molar-refractivity contribution in [1.82, 2.24) is 5.32 Å². The quantitative estimate of drug-likeness (QED) is 0.0782. The molecular formula is C34H70N2O3. The lowest BCUT2D eigenvalue weighted by Gasteiger charge is -2.10. The van der Waals surface area contributed by atoms with Crippen molar-refractivity contribution in [3.05, 3.63) is 0 Å². The summed E-state index contributed by atoms with van der Waals surface area (Å²) in [5.41, 5.74) is 5.28. The summed E-state index contributed by atoms with van der Waals surface area (Å²) in [4.78, 5) is 23.5. The maximum atomic E-state index is 11.8. The molecule has 0 fully saturated rings. The first-order valence-electron chi connectivity index (χ1n) is 17.0. The Morgan fingerprint density at radius 1 is 0.615 bits per heavy atom. The Morgan fingerprint density at radius 2 is 1.05 bits per heavy atom. The van der Waals surface area contributed by atoms with E-state index in [0.29, 0.717) is 31.3 Å². The zero-order chi connectivity index (χ0) is 29.4. The predicted molar refractivity (Wildman–Crippen MR) is 170 cm³/mol. The van der Waals surface area contributed by atoms with E-state index in [2.05, 4.69) is 39.9 Å². The summed E-state index contributed by atoms with van der Waals surface area (Å²) in [5.74, 6) is 1.33. The number of unbranched alkanes of at least 4 members (excludes halogenated alkanes) is 16. The second kappa shape index (κ2) is 33.1. The Balaban J connectivity index is 0. The lowest BCUT2D eigenvalue weighted by atomic mass is 10.0. The van der Waals surface area contributed by atoms with E-state index < -0.39 is 0 Å². The molecule has 5 heteroatoms. The van der Waals surface area contributed by atoms with Crippen molar-refractivity contribution in [2.45, 2.75) is 176 Å². The van der Waals surface area contributed by atoms with E-state index in [9.17, 15) is 9.59 Å². The van der Waals surface area contributed by atoms with Crippen LogP contribution in [0, 0.1) is 11.8 Å². The molecule has 0 bridgehead atoms. The average molecular weight is 555 g/mol. The number of nitrogens with two attached hydrogens (primary N) is 1. The second-order valence-electron chi connectivity index (χ2n) is 11.8. The third-order valence-electron chi connectivity index (χ3n) is 7.74. The summed E-state index contributed by atoms with van der Waals surface area (Å²) < 4.78 is 5.32. The van der Waals surface area contributed by atoms with Crippen LogP contribution in [0.1, 0.15) is 176 Å². The number of amides is 1. The Kier molecular flexibility index (Phi) is 34.0. The lowest BCUT2D eigenvalue weighted by molar-refractivity contribution is -0.144. The van der Waals surface area contributed by atoms with Gasteiger partial charge in [0.25, 0.3) is 0 Å². The van der Waals surface area contributed by atoms with Crippen LogP contribution in [0.4, 0.5) is 0 Å². The third-order valence-corrected chi connectivity index (χ3v) is 7.74. The van der Waals surface area contributed by atoms with Gasteiger partial charge in [0.2, 0.25) is 5.91 Å². The van der Waals surface area contributed by atoms with Crippen LogP contribution in [0.3, 0.4) is 0 Å². The Morgan fingerprint density at radius 3 is 1.49 bits per heavy atom. The molecule has 0 spiro atoms. The van der Waals surface area contributed by atoms with E-state index in [-0.39, 0.29) is 11.9 Å². The van der Waals surface area contributed by atoms with Crippen LogP contribution < -0.4 is 11.1 Å². The molecule has 3 N–H and O–H groups in total. The van der Waals surface area contributed by atoms with Gasteiger partial charge < -0.3 is 15.8 Å². The number of ether oxygens (including phenoxy) is 1. The van der Waals surface area contributed by atoms with Crippen LogP contribution in [0.2, 0.25) is 0 Å². The highest BCUT2D eigenvalue weighted by Gasteiger charge is 2.05. The minimum atomic E-state index is -0.0593. The SMILES string of the molecule is CCC(C)CN.CCCCCCCCCCCCCCCCCC(=O)OCCCCCC(=O)NCC(C)CC. The number of nitrogens with one attached hydrogen (secondary N) is 1. The van der Waals surface area contributed by atoms with Crippen LogP contribution in [-0.4, -0.2) is 31.6 Å². The number of rotatable bonds is 27. The molecule has 39 heavy (non-hydrogen) atoms. The predicted octanol–water partition coefficient (Wildman–Crippen LogP) is 9.51. The Hall–Kier alpha value is -1.10. The second-order valence-corrected chi connectivity index (χ2v) is 11.8. The van der Waals surface area contributed by atoms with Crippen molar-refractivity contribution in [2.24, 2.45) is 17.6 Å². The molecule has 0 aromatic heterocycles. The molecule has 0 heterocycles. The van der Waals surface area contributed by atoms with Crippen molar-refractivity contribution in [2.75, 3.05) is 19.7 Å². The van der Waals surface area contributed by atoms with Gasteiger partial charge in [0.15, 0.2) is 0 Å². The van der Waals surface area contributed by atoms with Crippen molar-refractivity contribution < 1.29 is 14.3 Å². The maximum absolute atomic E-state index is 11.8. The summed E-state index contributed by atoms with van der Waals surface area (Å²) in [6.45, 7) is 13.0. The zero-order valence-electron chi connectivity index (χ0n) is 27.1. The van der Waals surface area contributed by atoms with Crippen LogP contribution in [0.15, 0.2) is 0 Å². The summed E-state index contributed by atoms with van der Waals surface area (Å²) in [5, 5.41) is 2.98.